The summed E-state index contributed by atoms with van der Waals surface area (Å²) in [5.41, 5.74) is 1.02. The topological polar surface area (TPSA) is 61.2 Å². The third-order valence-electron chi connectivity index (χ3n) is 2.61. The number of fused-ring (bicyclic) bond motifs is 1. The van der Waals surface area contributed by atoms with Crippen LogP contribution in [0.3, 0.4) is 0 Å². The van der Waals surface area contributed by atoms with E-state index in [9.17, 15) is 9.59 Å². The zero-order valence-electron chi connectivity index (χ0n) is 9.94. The zero-order valence-corrected chi connectivity index (χ0v) is 10.7. The molecule has 94 valence electrons. The minimum atomic E-state index is -0.583. The Morgan fingerprint density at radius 1 is 1.44 bits per heavy atom. The van der Waals surface area contributed by atoms with Gasteiger partial charge in [0.25, 0.3) is 0 Å². The summed E-state index contributed by atoms with van der Waals surface area (Å²) >= 11 is 5.90. The molecule has 0 aliphatic heterocycles. The Labute approximate surface area is 108 Å². The lowest BCUT2D eigenvalue weighted by molar-refractivity contribution is -0.139. The van der Waals surface area contributed by atoms with Gasteiger partial charge in [0.2, 0.25) is 0 Å². The molecule has 2 aromatic rings. The third kappa shape index (κ3) is 2.22. The van der Waals surface area contributed by atoms with Gasteiger partial charge in [-0.1, -0.05) is 11.6 Å². The molecule has 1 aromatic heterocycles. The number of nitrogens with zero attached hydrogens (tertiary/aromatic N) is 2. The molecule has 0 aliphatic rings. The van der Waals surface area contributed by atoms with Gasteiger partial charge in [-0.2, -0.15) is 5.10 Å². The fourth-order valence-corrected chi connectivity index (χ4v) is 1.90. The number of ether oxygens (including phenoxy) is 1. The van der Waals surface area contributed by atoms with E-state index in [1.165, 1.54) is 7.11 Å². The Morgan fingerprint density at radius 3 is 2.83 bits per heavy atom. The number of benzene rings is 1. The van der Waals surface area contributed by atoms with Gasteiger partial charge in [-0.15, -0.1) is 0 Å². The first kappa shape index (κ1) is 12.6. The van der Waals surface area contributed by atoms with Crippen molar-refractivity contribution in [2.24, 2.45) is 7.05 Å². The van der Waals surface area contributed by atoms with Crippen LogP contribution in [-0.4, -0.2) is 28.6 Å². The van der Waals surface area contributed by atoms with Crippen LogP contribution in [0.5, 0.6) is 0 Å². The molecule has 0 radical (unpaired) electrons. The Kier molecular flexibility index (Phi) is 3.34. The molecule has 0 aliphatic carbocycles. The molecule has 0 unspecified atom stereocenters. The van der Waals surface area contributed by atoms with Crippen molar-refractivity contribution in [2.75, 3.05) is 7.11 Å². The Balaban J connectivity index is 2.47. The highest BCUT2D eigenvalue weighted by Gasteiger charge is 2.19. The van der Waals surface area contributed by atoms with Gasteiger partial charge in [0.15, 0.2) is 5.78 Å². The Bertz CT molecular complexity index is 634. The molecule has 18 heavy (non-hydrogen) atoms. The monoisotopic (exact) mass is 266 g/mol. The van der Waals surface area contributed by atoms with Gasteiger partial charge < -0.3 is 4.74 Å². The molecule has 0 bridgehead atoms. The molecular weight excluding hydrogens is 256 g/mol. The van der Waals surface area contributed by atoms with E-state index in [4.69, 9.17) is 11.6 Å². The summed E-state index contributed by atoms with van der Waals surface area (Å²) in [6.07, 6.45) is -0.324. The quantitative estimate of drug-likeness (QED) is 0.484. The minimum Gasteiger partial charge on any atom is -0.469 e. The van der Waals surface area contributed by atoms with E-state index in [-0.39, 0.29) is 17.9 Å². The van der Waals surface area contributed by atoms with E-state index >= 15 is 0 Å². The van der Waals surface area contributed by atoms with E-state index in [0.717, 1.165) is 5.52 Å². The van der Waals surface area contributed by atoms with Crippen molar-refractivity contribution in [3.8, 4) is 0 Å². The highest BCUT2D eigenvalue weighted by molar-refractivity contribution is 6.31. The number of aromatic nitrogens is 2. The van der Waals surface area contributed by atoms with Crippen LogP contribution in [0.4, 0.5) is 0 Å². The van der Waals surface area contributed by atoms with Gasteiger partial charge in [-0.25, -0.2) is 0 Å². The third-order valence-corrected chi connectivity index (χ3v) is 2.84. The van der Waals surface area contributed by atoms with Gasteiger partial charge in [-0.3, -0.25) is 14.3 Å². The van der Waals surface area contributed by atoms with Crippen LogP contribution in [0.15, 0.2) is 18.2 Å². The van der Waals surface area contributed by atoms with E-state index in [2.05, 4.69) is 9.84 Å². The fraction of sp³-hybridized carbons (Fsp3) is 0.250. The number of ketones is 1. The van der Waals surface area contributed by atoms with Gasteiger partial charge in [0.05, 0.1) is 12.6 Å². The lowest BCUT2D eigenvalue weighted by Gasteiger charge is -1.97. The largest absolute Gasteiger partial charge is 0.469 e. The number of aryl methyl sites for hydroxylation is 1. The first-order valence-electron chi connectivity index (χ1n) is 5.25. The van der Waals surface area contributed by atoms with E-state index in [1.54, 1.807) is 29.9 Å². The molecule has 0 atom stereocenters. The number of Topliss-reactive ketones (excluding diaryl/α,β-unsaturated/α-hetero) is 1. The van der Waals surface area contributed by atoms with Crippen molar-refractivity contribution in [1.29, 1.82) is 0 Å². The van der Waals surface area contributed by atoms with Crippen LogP contribution >= 0.6 is 11.6 Å². The molecule has 6 heteroatoms. The number of carbonyl (C=O) groups is 2. The van der Waals surface area contributed by atoms with Crippen LogP contribution in [0.2, 0.25) is 5.02 Å². The summed E-state index contributed by atoms with van der Waals surface area (Å²) in [6.45, 7) is 0. The van der Waals surface area contributed by atoms with Crippen LogP contribution in [-0.2, 0) is 16.6 Å². The zero-order chi connectivity index (χ0) is 13.3. The number of hydrogen-bond donors (Lipinski definition) is 0. The number of methoxy groups -OCH3 is 1. The molecule has 1 heterocycles. The molecule has 1 aromatic carbocycles. The second kappa shape index (κ2) is 4.78. The van der Waals surface area contributed by atoms with Gasteiger partial charge in [-0.05, 0) is 18.2 Å². The lowest BCUT2D eigenvalue weighted by atomic mass is 10.1. The Morgan fingerprint density at radius 2 is 2.17 bits per heavy atom. The second-order valence-corrected chi connectivity index (χ2v) is 4.25. The van der Waals surface area contributed by atoms with E-state index in [1.807, 2.05) is 0 Å². The summed E-state index contributed by atoms with van der Waals surface area (Å²) < 4.78 is 6.04. The van der Waals surface area contributed by atoms with Crippen LogP contribution < -0.4 is 0 Å². The number of halogens is 1. The molecule has 0 N–H and O–H groups in total. The molecule has 2 rings (SSSR count). The molecule has 0 fully saturated rings. The smallest absolute Gasteiger partial charge is 0.313 e. The standard InChI is InChI=1S/C12H11ClN2O3/c1-15-9-4-3-7(13)5-8(9)12(14-15)10(16)6-11(17)18-2/h3-5H,6H2,1-2H3. The SMILES string of the molecule is COC(=O)CC(=O)c1nn(C)c2ccc(Cl)cc12. The van der Waals surface area contributed by atoms with Gasteiger partial charge >= 0.3 is 5.97 Å². The van der Waals surface area contributed by atoms with Crippen molar-refractivity contribution in [2.45, 2.75) is 6.42 Å². The predicted octanol–water partition coefficient (Wildman–Crippen LogP) is 1.97. The number of carbonyl (C=O) groups excluding carboxylic acids is 2. The maximum Gasteiger partial charge on any atom is 0.313 e. The summed E-state index contributed by atoms with van der Waals surface area (Å²) in [6, 6.07) is 5.16. The molecule has 0 amide bonds. The molecular formula is C12H11ClN2O3. The van der Waals surface area contributed by atoms with Crippen LogP contribution in [0.25, 0.3) is 10.9 Å². The molecule has 0 saturated heterocycles. The van der Waals surface area contributed by atoms with Gasteiger partial charge in [0.1, 0.15) is 12.1 Å². The maximum atomic E-state index is 11.9. The molecule has 0 spiro atoms. The predicted molar refractivity (Wildman–Crippen MR) is 66.7 cm³/mol. The molecule has 0 saturated carbocycles. The van der Waals surface area contributed by atoms with E-state index < -0.39 is 5.97 Å². The highest BCUT2D eigenvalue weighted by atomic mass is 35.5. The van der Waals surface area contributed by atoms with Gasteiger partial charge in [0, 0.05) is 17.5 Å². The first-order chi connectivity index (χ1) is 8.52. The average molecular weight is 267 g/mol. The summed E-state index contributed by atoms with van der Waals surface area (Å²) in [5.74, 6) is -0.962. The Hall–Kier alpha value is -1.88. The first-order valence-corrected chi connectivity index (χ1v) is 5.63. The number of rotatable bonds is 3. The second-order valence-electron chi connectivity index (χ2n) is 3.81. The van der Waals surface area contributed by atoms with Crippen molar-refractivity contribution in [1.82, 2.24) is 9.78 Å². The van der Waals surface area contributed by atoms with Crippen LogP contribution in [0.1, 0.15) is 16.9 Å². The number of esters is 1. The fourth-order valence-electron chi connectivity index (χ4n) is 1.73. The average Bonchev–Trinajstić information content (AvgIpc) is 2.66. The summed E-state index contributed by atoms with van der Waals surface area (Å²) in [7, 11) is 2.97. The van der Waals surface area contributed by atoms with Crippen molar-refractivity contribution >= 4 is 34.3 Å². The van der Waals surface area contributed by atoms with Crippen molar-refractivity contribution in [3.63, 3.8) is 0 Å². The lowest BCUT2D eigenvalue weighted by Crippen LogP contribution is -2.10. The summed E-state index contributed by atoms with van der Waals surface area (Å²) in [4.78, 5) is 23.0. The minimum absolute atomic E-state index is 0.236. The number of hydrogen-bond acceptors (Lipinski definition) is 4. The van der Waals surface area contributed by atoms with Crippen molar-refractivity contribution < 1.29 is 14.3 Å². The highest BCUT2D eigenvalue weighted by Crippen LogP contribution is 2.23. The van der Waals surface area contributed by atoms with Crippen LogP contribution in [0, 0.1) is 0 Å². The van der Waals surface area contributed by atoms with E-state index in [0.29, 0.717) is 10.4 Å². The van der Waals surface area contributed by atoms with Crippen molar-refractivity contribution in [3.05, 3.63) is 28.9 Å². The molecule has 5 nitrogen and oxygen atoms in total. The normalized spacial score (nSPS) is 10.6. The summed E-state index contributed by atoms with van der Waals surface area (Å²) in [5, 5.41) is 5.27. The maximum absolute atomic E-state index is 11.9.